The smallest absolute Gasteiger partial charge is 0.305 e. The molecule has 1 aliphatic heterocycles. The second-order valence-corrected chi connectivity index (χ2v) is 5.85. The Bertz CT molecular complexity index is 588. The van der Waals surface area contributed by atoms with Gasteiger partial charge >= 0.3 is 5.97 Å². The lowest BCUT2D eigenvalue weighted by Gasteiger charge is -2.25. The number of amides is 1. The molecule has 1 aliphatic rings. The monoisotopic (exact) mass is 341 g/mol. The van der Waals surface area contributed by atoms with Gasteiger partial charge in [0.15, 0.2) is 0 Å². The summed E-state index contributed by atoms with van der Waals surface area (Å²) >= 11 is 0. The maximum Gasteiger partial charge on any atom is 0.305 e. The molecule has 0 saturated carbocycles. The number of halogens is 2. The van der Waals surface area contributed by atoms with Crippen LogP contribution < -0.4 is 0 Å². The number of carboxylic acid groups (broad SMARTS) is 1. The molecule has 1 amide bonds. The van der Waals surface area contributed by atoms with Gasteiger partial charge in [0.1, 0.15) is 11.6 Å². The van der Waals surface area contributed by atoms with Crippen LogP contribution in [0.2, 0.25) is 0 Å². The average Bonchev–Trinajstić information content (AvgIpc) is 3.04. The summed E-state index contributed by atoms with van der Waals surface area (Å²) in [7, 11) is 0. The zero-order valence-corrected chi connectivity index (χ0v) is 13.3. The fourth-order valence-corrected chi connectivity index (χ4v) is 2.72. The molecule has 0 radical (unpaired) electrons. The number of nitrogens with zero attached hydrogens (tertiary/aromatic N) is 1. The van der Waals surface area contributed by atoms with Crippen molar-refractivity contribution in [2.24, 2.45) is 0 Å². The van der Waals surface area contributed by atoms with Gasteiger partial charge < -0.3 is 14.7 Å². The third kappa shape index (κ3) is 5.56. The predicted molar refractivity (Wildman–Crippen MR) is 82.5 cm³/mol. The molecule has 7 heteroatoms. The molecular weight excluding hydrogens is 320 g/mol. The minimum Gasteiger partial charge on any atom is -0.481 e. The summed E-state index contributed by atoms with van der Waals surface area (Å²) in [5.41, 5.74) is 0.138. The molecule has 1 N–H and O–H groups in total. The number of aliphatic carboxylic acids is 1. The SMILES string of the molecule is O=C(O)CCN(CC1CCCO1)C(=O)CCc1cc(F)ccc1F. The third-order valence-corrected chi connectivity index (χ3v) is 4.01. The summed E-state index contributed by atoms with van der Waals surface area (Å²) in [6, 6.07) is 3.13. The molecule has 24 heavy (non-hydrogen) atoms. The number of hydrogen-bond acceptors (Lipinski definition) is 3. The Kier molecular flexibility index (Phi) is 6.66. The van der Waals surface area contributed by atoms with Crippen LogP contribution in [0.4, 0.5) is 8.78 Å². The first-order valence-electron chi connectivity index (χ1n) is 8.01. The highest BCUT2D eigenvalue weighted by atomic mass is 19.1. The number of benzene rings is 1. The minimum atomic E-state index is -0.990. The Morgan fingerprint density at radius 3 is 2.75 bits per heavy atom. The summed E-state index contributed by atoms with van der Waals surface area (Å²) in [4.78, 5) is 24.6. The van der Waals surface area contributed by atoms with Gasteiger partial charge in [0.05, 0.1) is 12.5 Å². The van der Waals surface area contributed by atoms with E-state index in [2.05, 4.69) is 0 Å². The first-order chi connectivity index (χ1) is 11.5. The van der Waals surface area contributed by atoms with Gasteiger partial charge in [0.25, 0.3) is 0 Å². The van der Waals surface area contributed by atoms with E-state index in [1.54, 1.807) is 0 Å². The van der Waals surface area contributed by atoms with Crippen molar-refractivity contribution in [1.82, 2.24) is 4.90 Å². The standard InChI is InChI=1S/C17H21F2NO4/c18-13-4-5-15(19)12(10-13)3-6-16(21)20(8-7-17(22)23)11-14-2-1-9-24-14/h4-5,10,14H,1-3,6-9,11H2,(H,22,23). The fraction of sp³-hybridized carbons (Fsp3) is 0.529. The van der Waals surface area contributed by atoms with Gasteiger partial charge in [-0.25, -0.2) is 8.78 Å². The van der Waals surface area contributed by atoms with Crippen molar-refractivity contribution >= 4 is 11.9 Å². The molecule has 1 atom stereocenters. The first kappa shape index (κ1) is 18.3. The zero-order chi connectivity index (χ0) is 17.5. The Labute approximate surface area is 139 Å². The number of hydrogen-bond donors (Lipinski definition) is 1. The van der Waals surface area contributed by atoms with Crippen molar-refractivity contribution in [3.8, 4) is 0 Å². The maximum atomic E-state index is 13.6. The average molecular weight is 341 g/mol. The van der Waals surface area contributed by atoms with Crippen molar-refractivity contribution < 1.29 is 28.2 Å². The molecule has 5 nitrogen and oxygen atoms in total. The quantitative estimate of drug-likeness (QED) is 0.788. The predicted octanol–water partition coefficient (Wildman–Crippen LogP) is 2.38. The fourth-order valence-electron chi connectivity index (χ4n) is 2.72. The second kappa shape index (κ2) is 8.73. The van der Waals surface area contributed by atoms with Crippen molar-refractivity contribution in [2.45, 2.75) is 38.2 Å². The van der Waals surface area contributed by atoms with Crippen LogP contribution in [0.5, 0.6) is 0 Å². The number of rotatable bonds is 8. The molecule has 1 heterocycles. The van der Waals surface area contributed by atoms with E-state index in [-0.39, 0.29) is 43.4 Å². The van der Waals surface area contributed by atoms with Crippen LogP contribution in [0, 0.1) is 11.6 Å². The molecule has 1 unspecified atom stereocenters. The molecule has 2 rings (SSSR count). The second-order valence-electron chi connectivity index (χ2n) is 5.85. The number of aryl methyl sites for hydroxylation is 1. The molecule has 1 fully saturated rings. The van der Waals surface area contributed by atoms with Crippen LogP contribution in [0.3, 0.4) is 0 Å². The van der Waals surface area contributed by atoms with Crippen LogP contribution in [-0.4, -0.2) is 47.7 Å². The molecule has 0 spiro atoms. The molecular formula is C17H21F2NO4. The molecule has 0 aliphatic carbocycles. The van der Waals surface area contributed by atoms with E-state index in [1.807, 2.05) is 0 Å². The van der Waals surface area contributed by atoms with E-state index in [1.165, 1.54) is 4.90 Å². The lowest BCUT2D eigenvalue weighted by molar-refractivity contribution is -0.139. The van der Waals surface area contributed by atoms with Gasteiger partial charge in [-0.3, -0.25) is 9.59 Å². The highest BCUT2D eigenvalue weighted by Gasteiger charge is 2.23. The molecule has 0 aromatic heterocycles. The van der Waals surface area contributed by atoms with E-state index >= 15 is 0 Å². The molecule has 1 saturated heterocycles. The molecule has 1 aromatic rings. The third-order valence-electron chi connectivity index (χ3n) is 4.01. The van der Waals surface area contributed by atoms with Crippen LogP contribution in [0.15, 0.2) is 18.2 Å². The summed E-state index contributed by atoms with van der Waals surface area (Å²) in [5.74, 6) is -2.38. The van der Waals surface area contributed by atoms with Crippen LogP contribution in [0.25, 0.3) is 0 Å². The van der Waals surface area contributed by atoms with Crippen LogP contribution >= 0.6 is 0 Å². The number of ether oxygens (including phenoxy) is 1. The summed E-state index contributed by atoms with van der Waals surface area (Å²) < 4.78 is 32.3. The van der Waals surface area contributed by atoms with Crippen LogP contribution in [0.1, 0.15) is 31.2 Å². The zero-order valence-electron chi connectivity index (χ0n) is 13.3. The topological polar surface area (TPSA) is 66.8 Å². The molecule has 132 valence electrons. The van der Waals surface area contributed by atoms with Crippen molar-refractivity contribution in [3.63, 3.8) is 0 Å². The maximum absolute atomic E-state index is 13.6. The van der Waals surface area contributed by atoms with Gasteiger partial charge in [0.2, 0.25) is 5.91 Å². The molecule has 0 bridgehead atoms. The van der Waals surface area contributed by atoms with Gasteiger partial charge in [-0.2, -0.15) is 0 Å². The highest BCUT2D eigenvalue weighted by Crippen LogP contribution is 2.16. The number of carbonyl (C=O) groups excluding carboxylic acids is 1. The van der Waals surface area contributed by atoms with Crippen LogP contribution in [-0.2, 0) is 20.7 Å². The van der Waals surface area contributed by atoms with Gasteiger partial charge in [0, 0.05) is 26.1 Å². The Morgan fingerprint density at radius 2 is 2.08 bits per heavy atom. The van der Waals surface area contributed by atoms with E-state index in [0.717, 1.165) is 31.0 Å². The van der Waals surface area contributed by atoms with Crippen molar-refractivity contribution in [3.05, 3.63) is 35.4 Å². The number of carboxylic acids is 1. The van der Waals surface area contributed by atoms with E-state index in [0.29, 0.717) is 13.2 Å². The highest BCUT2D eigenvalue weighted by molar-refractivity contribution is 5.77. The van der Waals surface area contributed by atoms with E-state index in [4.69, 9.17) is 9.84 Å². The minimum absolute atomic E-state index is 0.00723. The summed E-state index contributed by atoms with van der Waals surface area (Å²) in [6.45, 7) is 1.05. The molecule has 1 aromatic carbocycles. The summed E-state index contributed by atoms with van der Waals surface area (Å²) in [5, 5.41) is 8.82. The normalized spacial score (nSPS) is 17.0. The largest absolute Gasteiger partial charge is 0.481 e. The van der Waals surface area contributed by atoms with Gasteiger partial charge in [-0.05, 0) is 43.0 Å². The Balaban J connectivity index is 1.94. The van der Waals surface area contributed by atoms with Crippen molar-refractivity contribution in [1.29, 1.82) is 0 Å². The first-order valence-corrected chi connectivity index (χ1v) is 8.01. The summed E-state index contributed by atoms with van der Waals surface area (Å²) in [6.07, 6.45) is 1.56. The number of carbonyl (C=O) groups is 2. The van der Waals surface area contributed by atoms with Crippen molar-refractivity contribution in [2.75, 3.05) is 19.7 Å². The van der Waals surface area contributed by atoms with Gasteiger partial charge in [-0.15, -0.1) is 0 Å². The Hall–Kier alpha value is -2.02. The van der Waals surface area contributed by atoms with Gasteiger partial charge in [-0.1, -0.05) is 0 Å². The Morgan fingerprint density at radius 1 is 1.29 bits per heavy atom. The van der Waals surface area contributed by atoms with E-state index < -0.39 is 17.6 Å². The lowest BCUT2D eigenvalue weighted by Crippen LogP contribution is -2.39. The van der Waals surface area contributed by atoms with E-state index in [9.17, 15) is 18.4 Å². The lowest BCUT2D eigenvalue weighted by atomic mass is 10.1.